The molecule has 0 bridgehead atoms. The Morgan fingerprint density at radius 3 is 2.27 bits per heavy atom. The normalized spacial score (nSPS) is 28.8. The summed E-state index contributed by atoms with van der Waals surface area (Å²) in [5.74, 6) is 0.943. The SMILES string of the molecule is Cl.NC1CCC2CN(C(=O)c3ccc(S(=O)(=O)C4CCCC4)cc3)CC12. The third-order valence-electron chi connectivity index (χ3n) is 6.37. The molecule has 4 rings (SSSR count). The molecule has 1 heterocycles. The van der Waals surface area contributed by atoms with E-state index in [1.54, 1.807) is 24.3 Å². The fourth-order valence-electron chi connectivity index (χ4n) is 4.83. The van der Waals surface area contributed by atoms with Crippen LogP contribution in [0.25, 0.3) is 0 Å². The van der Waals surface area contributed by atoms with Crippen molar-refractivity contribution in [1.29, 1.82) is 0 Å². The second kappa shape index (κ2) is 7.49. The van der Waals surface area contributed by atoms with Gasteiger partial charge in [-0.05, 0) is 61.8 Å². The minimum absolute atomic E-state index is 0. The van der Waals surface area contributed by atoms with E-state index in [9.17, 15) is 13.2 Å². The smallest absolute Gasteiger partial charge is 0.253 e. The van der Waals surface area contributed by atoms with E-state index in [0.29, 0.717) is 22.3 Å². The van der Waals surface area contributed by atoms with E-state index in [4.69, 9.17) is 5.73 Å². The highest BCUT2D eigenvalue weighted by molar-refractivity contribution is 7.92. The van der Waals surface area contributed by atoms with Gasteiger partial charge in [0.25, 0.3) is 5.91 Å². The van der Waals surface area contributed by atoms with Crippen molar-refractivity contribution in [3.05, 3.63) is 29.8 Å². The number of hydrogen-bond acceptors (Lipinski definition) is 4. The van der Waals surface area contributed by atoms with Gasteiger partial charge in [0.15, 0.2) is 9.84 Å². The molecule has 2 aliphatic carbocycles. The van der Waals surface area contributed by atoms with Crippen LogP contribution in [-0.2, 0) is 9.84 Å². The molecule has 2 saturated carbocycles. The van der Waals surface area contributed by atoms with Crippen molar-refractivity contribution in [3.63, 3.8) is 0 Å². The highest BCUT2D eigenvalue weighted by Crippen LogP contribution is 2.37. The molecular formula is C19H27ClN2O3S. The van der Waals surface area contributed by atoms with E-state index in [0.717, 1.165) is 51.6 Å². The summed E-state index contributed by atoms with van der Waals surface area (Å²) in [6, 6.07) is 6.74. The summed E-state index contributed by atoms with van der Waals surface area (Å²) in [6.07, 6.45) is 5.64. The van der Waals surface area contributed by atoms with Crippen LogP contribution >= 0.6 is 12.4 Å². The Labute approximate surface area is 161 Å². The van der Waals surface area contributed by atoms with Crippen LogP contribution in [0.15, 0.2) is 29.2 Å². The Bertz CT molecular complexity index is 759. The summed E-state index contributed by atoms with van der Waals surface area (Å²) in [7, 11) is -3.26. The molecule has 144 valence electrons. The first-order valence-corrected chi connectivity index (χ1v) is 10.9. The molecule has 5 nitrogen and oxygen atoms in total. The van der Waals surface area contributed by atoms with Crippen molar-refractivity contribution in [2.75, 3.05) is 13.1 Å². The molecule has 3 atom stereocenters. The van der Waals surface area contributed by atoms with Crippen molar-refractivity contribution >= 4 is 28.2 Å². The number of sulfone groups is 1. The Morgan fingerprint density at radius 1 is 1.00 bits per heavy atom. The number of hydrogen-bond donors (Lipinski definition) is 1. The molecule has 0 radical (unpaired) electrons. The number of carbonyl (C=O) groups is 1. The molecule has 0 aromatic heterocycles. The fourth-order valence-corrected chi connectivity index (χ4v) is 6.69. The van der Waals surface area contributed by atoms with E-state index in [1.807, 2.05) is 4.90 Å². The Morgan fingerprint density at radius 2 is 1.65 bits per heavy atom. The van der Waals surface area contributed by atoms with Gasteiger partial charge in [-0.15, -0.1) is 12.4 Å². The van der Waals surface area contributed by atoms with Crippen molar-refractivity contribution in [3.8, 4) is 0 Å². The lowest BCUT2D eigenvalue weighted by Gasteiger charge is -2.19. The first-order valence-electron chi connectivity index (χ1n) is 9.35. The number of likely N-dealkylation sites (tertiary alicyclic amines) is 1. The zero-order chi connectivity index (χ0) is 17.6. The largest absolute Gasteiger partial charge is 0.338 e. The number of rotatable bonds is 3. The summed E-state index contributed by atoms with van der Waals surface area (Å²) < 4.78 is 25.3. The topological polar surface area (TPSA) is 80.5 Å². The van der Waals surface area contributed by atoms with Gasteiger partial charge in [-0.3, -0.25) is 4.79 Å². The van der Waals surface area contributed by atoms with Gasteiger partial charge < -0.3 is 10.6 Å². The molecule has 1 aromatic carbocycles. The first kappa shape index (κ1) is 19.6. The molecule has 2 N–H and O–H groups in total. The molecule has 1 saturated heterocycles. The number of halogens is 1. The Hall–Kier alpha value is -1.11. The minimum Gasteiger partial charge on any atom is -0.338 e. The van der Waals surface area contributed by atoms with E-state index in [1.165, 1.54) is 0 Å². The lowest BCUT2D eigenvalue weighted by atomic mass is 9.98. The maximum absolute atomic E-state index is 12.7. The van der Waals surface area contributed by atoms with Crippen LogP contribution in [0.1, 0.15) is 48.9 Å². The molecule has 1 aliphatic heterocycles. The van der Waals surface area contributed by atoms with Crippen LogP contribution in [0, 0.1) is 11.8 Å². The lowest BCUT2D eigenvalue weighted by molar-refractivity contribution is 0.0779. The summed E-state index contributed by atoms with van der Waals surface area (Å²) in [5, 5.41) is -0.256. The Balaban J connectivity index is 0.00000196. The van der Waals surface area contributed by atoms with Gasteiger partial charge >= 0.3 is 0 Å². The molecule has 3 unspecified atom stereocenters. The van der Waals surface area contributed by atoms with Gasteiger partial charge in [-0.1, -0.05) is 12.8 Å². The van der Waals surface area contributed by atoms with Crippen LogP contribution in [-0.4, -0.2) is 43.6 Å². The van der Waals surface area contributed by atoms with Gasteiger partial charge in [0.05, 0.1) is 10.1 Å². The van der Waals surface area contributed by atoms with E-state index >= 15 is 0 Å². The second-order valence-corrected chi connectivity index (χ2v) is 10.1. The number of benzene rings is 1. The highest BCUT2D eigenvalue weighted by Gasteiger charge is 2.42. The number of nitrogens with two attached hydrogens (primary N) is 1. The van der Waals surface area contributed by atoms with Crippen LogP contribution in [0.4, 0.5) is 0 Å². The fraction of sp³-hybridized carbons (Fsp3) is 0.632. The summed E-state index contributed by atoms with van der Waals surface area (Å²) in [4.78, 5) is 15.0. The van der Waals surface area contributed by atoms with Gasteiger partial charge in [-0.2, -0.15) is 0 Å². The summed E-state index contributed by atoms with van der Waals surface area (Å²) in [6.45, 7) is 1.51. The van der Waals surface area contributed by atoms with Gasteiger partial charge in [-0.25, -0.2) is 8.42 Å². The molecule has 26 heavy (non-hydrogen) atoms. The van der Waals surface area contributed by atoms with Crippen molar-refractivity contribution < 1.29 is 13.2 Å². The van der Waals surface area contributed by atoms with Crippen LogP contribution in [0.2, 0.25) is 0 Å². The van der Waals surface area contributed by atoms with Gasteiger partial charge in [0, 0.05) is 24.7 Å². The summed E-state index contributed by atoms with van der Waals surface area (Å²) >= 11 is 0. The molecule has 7 heteroatoms. The highest BCUT2D eigenvalue weighted by atomic mass is 35.5. The lowest BCUT2D eigenvalue weighted by Crippen LogP contribution is -2.33. The van der Waals surface area contributed by atoms with E-state index in [2.05, 4.69) is 0 Å². The minimum atomic E-state index is -3.26. The standard InChI is InChI=1S/C19H26N2O3S.ClH/c20-18-10-7-14-11-21(12-17(14)18)19(22)13-5-8-16(9-6-13)25(23,24)15-3-1-2-4-15;/h5-6,8-9,14-15,17-18H,1-4,7,10-12,20H2;1H. The molecule has 3 fully saturated rings. The molecular weight excluding hydrogens is 372 g/mol. The monoisotopic (exact) mass is 398 g/mol. The number of nitrogens with zero attached hydrogens (tertiary/aromatic N) is 1. The van der Waals surface area contributed by atoms with Crippen molar-refractivity contribution in [1.82, 2.24) is 4.90 Å². The van der Waals surface area contributed by atoms with Crippen LogP contribution in [0.5, 0.6) is 0 Å². The third kappa shape index (κ3) is 3.39. The zero-order valence-corrected chi connectivity index (χ0v) is 16.5. The van der Waals surface area contributed by atoms with Crippen LogP contribution < -0.4 is 5.73 Å². The second-order valence-electron chi connectivity index (χ2n) is 7.85. The van der Waals surface area contributed by atoms with E-state index in [-0.39, 0.29) is 29.6 Å². The summed E-state index contributed by atoms with van der Waals surface area (Å²) in [5.41, 5.74) is 6.71. The zero-order valence-electron chi connectivity index (χ0n) is 14.8. The van der Waals surface area contributed by atoms with Crippen LogP contribution in [0.3, 0.4) is 0 Å². The molecule has 0 spiro atoms. The van der Waals surface area contributed by atoms with Gasteiger partial charge in [0.1, 0.15) is 0 Å². The average molecular weight is 399 g/mol. The molecule has 1 amide bonds. The predicted octanol–water partition coefficient (Wildman–Crippen LogP) is 2.63. The number of carbonyl (C=O) groups excluding carboxylic acids is 1. The first-order chi connectivity index (χ1) is 12.0. The van der Waals surface area contributed by atoms with Crippen molar-refractivity contribution in [2.24, 2.45) is 17.6 Å². The quantitative estimate of drug-likeness (QED) is 0.848. The predicted molar refractivity (Wildman–Crippen MR) is 103 cm³/mol. The number of fused-ring (bicyclic) bond motifs is 1. The third-order valence-corrected chi connectivity index (χ3v) is 8.65. The Kier molecular flexibility index (Phi) is 5.66. The van der Waals surface area contributed by atoms with Gasteiger partial charge in [0.2, 0.25) is 0 Å². The van der Waals surface area contributed by atoms with Crippen molar-refractivity contribution in [2.45, 2.75) is 54.7 Å². The maximum atomic E-state index is 12.7. The number of amides is 1. The molecule has 1 aromatic rings. The van der Waals surface area contributed by atoms with E-state index < -0.39 is 9.84 Å². The molecule has 3 aliphatic rings. The maximum Gasteiger partial charge on any atom is 0.253 e. The average Bonchev–Trinajstić information content (AvgIpc) is 3.33.